The van der Waals surface area contributed by atoms with Crippen molar-refractivity contribution in [2.75, 3.05) is 39.8 Å². The molecule has 1 aromatic carbocycles. The number of aromatic nitrogens is 1. The highest BCUT2D eigenvalue weighted by molar-refractivity contribution is 6.30. The largest absolute Gasteiger partial charge is 0.494 e. The van der Waals surface area contributed by atoms with Crippen LogP contribution in [0.4, 0.5) is 5.69 Å². The van der Waals surface area contributed by atoms with Crippen LogP contribution in [0.2, 0.25) is 5.02 Å². The number of carbonyl (C=O) groups is 1. The average Bonchev–Trinajstić information content (AvgIpc) is 2.93. The van der Waals surface area contributed by atoms with Gasteiger partial charge in [-0.3, -0.25) is 9.69 Å². The van der Waals surface area contributed by atoms with Crippen LogP contribution in [0.3, 0.4) is 0 Å². The molecule has 2 aliphatic heterocycles. The van der Waals surface area contributed by atoms with Crippen LogP contribution in [0.5, 0.6) is 5.75 Å². The fourth-order valence-corrected chi connectivity index (χ4v) is 4.59. The van der Waals surface area contributed by atoms with E-state index in [4.69, 9.17) is 21.3 Å². The summed E-state index contributed by atoms with van der Waals surface area (Å²) in [6.07, 6.45) is 2.10. The second-order valence-corrected chi connectivity index (χ2v) is 9.42. The zero-order valence-corrected chi connectivity index (χ0v) is 19.2. The van der Waals surface area contributed by atoms with E-state index in [1.807, 2.05) is 25.1 Å². The molecule has 1 fully saturated rings. The van der Waals surface area contributed by atoms with Gasteiger partial charge in [0.1, 0.15) is 5.69 Å². The number of halogens is 1. The van der Waals surface area contributed by atoms with Gasteiger partial charge in [-0.25, -0.2) is 4.99 Å². The molecule has 0 unspecified atom stereocenters. The van der Waals surface area contributed by atoms with Crippen molar-refractivity contribution in [1.29, 1.82) is 0 Å². The number of benzene rings is 1. The first-order valence-corrected chi connectivity index (χ1v) is 10.9. The second kappa shape index (κ2) is 8.20. The van der Waals surface area contributed by atoms with Crippen LogP contribution < -0.4 is 4.74 Å². The molecule has 0 atom stereocenters. The molecule has 3 heterocycles. The smallest absolute Gasteiger partial charge is 0.310 e. The number of methoxy groups -OCH3 is 1. The molecule has 2 aliphatic rings. The molecule has 0 radical (unpaired) electrons. The fraction of sp³-hybridized carbons (Fsp3) is 0.478. The number of aliphatic imine (C=N–C) groups is 1. The third-order valence-electron chi connectivity index (χ3n) is 6.10. The second-order valence-electron chi connectivity index (χ2n) is 8.98. The Hall–Kier alpha value is -2.51. The molecule has 1 N–H and O–H groups in total. The molecule has 0 aliphatic carbocycles. The number of hydrogen-bond donors (Lipinski definition) is 1. The maximum Gasteiger partial charge on any atom is 0.310 e. The number of aryl methyl sites for hydroxylation is 1. The topological polar surface area (TPSA) is 70.3 Å². The Morgan fingerprint density at radius 3 is 2.61 bits per heavy atom. The third-order valence-corrected chi connectivity index (χ3v) is 6.34. The summed E-state index contributed by atoms with van der Waals surface area (Å²) < 4.78 is 7.96. The third kappa shape index (κ3) is 4.16. The van der Waals surface area contributed by atoms with Crippen molar-refractivity contribution >= 4 is 29.1 Å². The van der Waals surface area contributed by atoms with Gasteiger partial charge >= 0.3 is 5.97 Å². The molecule has 0 amide bonds. The predicted molar refractivity (Wildman–Crippen MR) is 122 cm³/mol. The minimum atomic E-state index is -0.769. The Labute approximate surface area is 187 Å². The lowest BCUT2D eigenvalue weighted by atomic mass is 9.93. The summed E-state index contributed by atoms with van der Waals surface area (Å²) in [6, 6.07) is 5.81. The Morgan fingerprint density at radius 2 is 1.97 bits per heavy atom. The molecule has 1 saturated heterocycles. The molecule has 8 heteroatoms. The van der Waals surface area contributed by atoms with E-state index in [2.05, 4.69) is 20.6 Å². The van der Waals surface area contributed by atoms with Gasteiger partial charge in [0.2, 0.25) is 0 Å². The first-order valence-electron chi connectivity index (χ1n) is 10.5. The van der Waals surface area contributed by atoms with Crippen LogP contribution in [0.1, 0.15) is 30.7 Å². The number of ether oxygens (including phenoxy) is 1. The number of piperazine rings is 1. The van der Waals surface area contributed by atoms with E-state index < -0.39 is 11.4 Å². The van der Waals surface area contributed by atoms with E-state index in [1.165, 1.54) is 0 Å². The van der Waals surface area contributed by atoms with Crippen molar-refractivity contribution in [3.05, 3.63) is 46.2 Å². The number of hydrogen-bond acceptors (Lipinski definition) is 5. The number of carboxylic acid groups (broad SMARTS) is 1. The minimum absolute atomic E-state index is 0.531. The molecule has 4 rings (SSSR count). The van der Waals surface area contributed by atoms with Crippen LogP contribution in [0.25, 0.3) is 0 Å². The van der Waals surface area contributed by atoms with E-state index in [0.29, 0.717) is 18.1 Å². The van der Waals surface area contributed by atoms with Crippen molar-refractivity contribution in [2.24, 2.45) is 10.4 Å². The van der Waals surface area contributed by atoms with Gasteiger partial charge in [-0.05, 0) is 44.5 Å². The number of carboxylic acids is 1. The first kappa shape index (κ1) is 21.7. The van der Waals surface area contributed by atoms with Crippen molar-refractivity contribution in [2.45, 2.75) is 27.3 Å². The van der Waals surface area contributed by atoms with Crippen LogP contribution in [-0.4, -0.2) is 71.1 Å². The van der Waals surface area contributed by atoms with E-state index >= 15 is 0 Å². The van der Waals surface area contributed by atoms with Gasteiger partial charge in [0.05, 0.1) is 24.8 Å². The van der Waals surface area contributed by atoms with Gasteiger partial charge in [-0.2, -0.15) is 0 Å². The minimum Gasteiger partial charge on any atom is -0.494 e. The lowest BCUT2D eigenvalue weighted by Gasteiger charge is -2.39. The summed E-state index contributed by atoms with van der Waals surface area (Å²) in [4.78, 5) is 21.1. The van der Waals surface area contributed by atoms with Crippen molar-refractivity contribution < 1.29 is 14.6 Å². The lowest BCUT2D eigenvalue weighted by molar-refractivity contribution is -0.148. The van der Waals surface area contributed by atoms with Gasteiger partial charge in [-0.15, -0.1) is 0 Å². The Bertz CT molecular complexity index is 1040. The van der Waals surface area contributed by atoms with E-state index in [-0.39, 0.29) is 0 Å². The summed E-state index contributed by atoms with van der Waals surface area (Å²) in [7, 11) is 1.70. The van der Waals surface area contributed by atoms with Crippen molar-refractivity contribution in [3.63, 3.8) is 0 Å². The molecule has 31 heavy (non-hydrogen) atoms. The Morgan fingerprint density at radius 1 is 1.26 bits per heavy atom. The molecule has 1 aromatic heterocycles. The van der Waals surface area contributed by atoms with E-state index in [9.17, 15) is 9.90 Å². The number of aliphatic carboxylic acids is 1. The SMILES string of the molecule is COc1c(C)cn2c1C(N1CCN(CC(C)(C)C(=O)O)CC1)=Nc1ccc(Cl)cc1C2. The van der Waals surface area contributed by atoms with Gasteiger partial charge in [0.15, 0.2) is 11.6 Å². The summed E-state index contributed by atoms with van der Waals surface area (Å²) in [5.41, 5.74) is 3.26. The molecule has 0 spiro atoms. The van der Waals surface area contributed by atoms with Gasteiger partial charge in [0.25, 0.3) is 0 Å². The Balaban J connectivity index is 1.66. The van der Waals surface area contributed by atoms with E-state index in [1.54, 1.807) is 21.0 Å². The summed E-state index contributed by atoms with van der Waals surface area (Å²) in [5.74, 6) is 0.964. The van der Waals surface area contributed by atoms with Gasteiger partial charge < -0.3 is 19.3 Å². The van der Waals surface area contributed by atoms with Crippen molar-refractivity contribution in [3.8, 4) is 5.75 Å². The lowest BCUT2D eigenvalue weighted by Crippen LogP contribution is -2.52. The molecule has 0 saturated carbocycles. The van der Waals surface area contributed by atoms with Crippen molar-refractivity contribution in [1.82, 2.24) is 14.4 Å². The first-order chi connectivity index (χ1) is 14.7. The molecular weight excluding hydrogens is 416 g/mol. The molecule has 2 aromatic rings. The summed E-state index contributed by atoms with van der Waals surface area (Å²) in [6.45, 7) is 9.91. The van der Waals surface area contributed by atoms with Gasteiger partial charge in [-0.1, -0.05) is 11.6 Å². The van der Waals surface area contributed by atoms with Crippen LogP contribution in [0, 0.1) is 12.3 Å². The predicted octanol–water partition coefficient (Wildman–Crippen LogP) is 3.63. The average molecular weight is 445 g/mol. The van der Waals surface area contributed by atoms with Crippen LogP contribution >= 0.6 is 11.6 Å². The standard InChI is InChI=1S/C23H29ClN4O3/c1-15-12-28-13-16-11-17(24)5-6-18(16)25-21(19(28)20(15)31-4)27-9-7-26(8-10-27)14-23(2,3)22(29)30/h5-6,11-12H,7-10,13-14H2,1-4H3,(H,29,30). The highest BCUT2D eigenvalue weighted by Crippen LogP contribution is 2.35. The molecule has 7 nitrogen and oxygen atoms in total. The van der Waals surface area contributed by atoms with Crippen LogP contribution in [0.15, 0.2) is 29.4 Å². The molecule has 166 valence electrons. The fourth-order valence-electron chi connectivity index (χ4n) is 4.39. The number of amidine groups is 1. The number of fused-ring (bicyclic) bond motifs is 2. The van der Waals surface area contributed by atoms with E-state index in [0.717, 1.165) is 60.3 Å². The normalized spacial score (nSPS) is 16.9. The monoisotopic (exact) mass is 444 g/mol. The highest BCUT2D eigenvalue weighted by Gasteiger charge is 2.33. The maximum absolute atomic E-state index is 11.5. The maximum atomic E-state index is 11.5. The summed E-state index contributed by atoms with van der Waals surface area (Å²) >= 11 is 6.26. The Kier molecular flexibility index (Phi) is 5.75. The quantitative estimate of drug-likeness (QED) is 0.779. The molecular formula is C23H29ClN4O3. The van der Waals surface area contributed by atoms with Gasteiger partial charge in [0, 0.05) is 49.5 Å². The number of nitrogens with zero attached hydrogens (tertiary/aromatic N) is 4. The number of rotatable bonds is 4. The van der Waals surface area contributed by atoms with Crippen LogP contribution in [-0.2, 0) is 11.3 Å². The zero-order valence-electron chi connectivity index (χ0n) is 18.5. The summed E-state index contributed by atoms with van der Waals surface area (Å²) in [5, 5.41) is 10.2. The zero-order chi connectivity index (χ0) is 22.3. The molecule has 0 bridgehead atoms. The highest BCUT2D eigenvalue weighted by atomic mass is 35.5.